The average molecular weight is 510 g/mol. The van der Waals surface area contributed by atoms with Crippen LogP contribution in [0.2, 0.25) is 0 Å². The second kappa shape index (κ2) is 12.2. The van der Waals surface area contributed by atoms with Crippen molar-refractivity contribution in [3.8, 4) is 0 Å². The Balaban J connectivity index is 0.00000342. The van der Waals surface area contributed by atoms with Crippen molar-refractivity contribution in [1.82, 2.24) is 4.90 Å². The first kappa shape index (κ1) is 26.1. The molecule has 0 bridgehead atoms. The Hall–Kier alpha value is -3.54. The zero-order valence-corrected chi connectivity index (χ0v) is 20.1. The van der Waals surface area contributed by atoms with Gasteiger partial charge in [-0.15, -0.1) is 0 Å². The number of para-hydroxylation sites is 1. The Morgan fingerprint density at radius 1 is 0.943 bits per heavy atom. The van der Waals surface area contributed by atoms with E-state index in [-0.39, 0.29) is 28.4 Å². The van der Waals surface area contributed by atoms with E-state index in [9.17, 15) is 15.0 Å². The van der Waals surface area contributed by atoms with E-state index in [0.717, 1.165) is 24.9 Å². The summed E-state index contributed by atoms with van der Waals surface area (Å²) in [6, 6.07) is 26.0. The van der Waals surface area contributed by atoms with Gasteiger partial charge in [-0.25, -0.2) is 4.99 Å². The summed E-state index contributed by atoms with van der Waals surface area (Å²) in [5, 5.41) is 24.6. The molecular formula is C28H25N3NiO3. The predicted molar refractivity (Wildman–Crippen MR) is 130 cm³/mol. The van der Waals surface area contributed by atoms with Gasteiger partial charge in [-0.05, 0) is 36.9 Å². The van der Waals surface area contributed by atoms with Crippen LogP contribution >= 0.6 is 0 Å². The summed E-state index contributed by atoms with van der Waals surface area (Å²) in [6.45, 7) is 5.02. The Morgan fingerprint density at radius 3 is 2.26 bits per heavy atom. The minimum absolute atomic E-state index is 0. The number of aliphatic carboxylic acids is 1. The molecule has 35 heavy (non-hydrogen) atoms. The fourth-order valence-corrected chi connectivity index (χ4v) is 4.13. The van der Waals surface area contributed by atoms with Gasteiger partial charge < -0.3 is 15.0 Å². The molecule has 0 amide bonds. The Morgan fingerprint density at radius 2 is 1.57 bits per heavy atom. The van der Waals surface area contributed by atoms with Gasteiger partial charge in [0.05, 0.1) is 23.1 Å². The van der Waals surface area contributed by atoms with Gasteiger partial charge in [0.2, 0.25) is 0 Å². The van der Waals surface area contributed by atoms with Gasteiger partial charge in [0.25, 0.3) is 0 Å². The molecule has 1 saturated heterocycles. The minimum atomic E-state index is -1.46. The Bertz CT molecular complexity index is 1230. The fraction of sp³-hybridized carbons (Fsp3) is 0.179. The van der Waals surface area contributed by atoms with Crippen LogP contribution in [0.4, 0.5) is 5.69 Å². The summed E-state index contributed by atoms with van der Waals surface area (Å²) >= 11 is 0. The standard InChI is InChI=1S/C28H27N3O3.Ni/c1-20(28(33)34)29-26(22-13-6-3-7-14-22)23-15-8-9-16-24(23)30-27(32)25-17-10-18-31(25)19-21-11-4-2-5-12-21;/h2-9,11-16,25H,1,10,17-19H2,(H,30,32)(H,33,34);/q;+2/p-2/t25-;/m0./s1. The number of carbonyl (C=O) groups excluding carboxylic acids is 1. The molecule has 1 aliphatic heterocycles. The zero-order valence-electron chi connectivity index (χ0n) is 19.1. The summed E-state index contributed by atoms with van der Waals surface area (Å²) < 4.78 is 0. The number of nitrogens with zero attached hydrogens (tertiary/aromatic N) is 3. The number of carboxylic acid groups (broad SMARTS) is 1. The van der Waals surface area contributed by atoms with E-state index >= 15 is 0 Å². The first-order valence-corrected chi connectivity index (χ1v) is 11.2. The maximum absolute atomic E-state index is 13.3. The van der Waals surface area contributed by atoms with Crippen LogP contribution in [0.15, 0.2) is 107 Å². The van der Waals surface area contributed by atoms with Crippen molar-refractivity contribution in [2.45, 2.75) is 25.4 Å². The third kappa shape index (κ3) is 6.53. The molecule has 1 atom stereocenters. The van der Waals surface area contributed by atoms with Gasteiger partial charge in [-0.3, -0.25) is 9.89 Å². The van der Waals surface area contributed by atoms with E-state index in [1.807, 2.05) is 48.5 Å². The van der Waals surface area contributed by atoms with E-state index in [0.29, 0.717) is 29.1 Å². The molecule has 1 heterocycles. The van der Waals surface area contributed by atoms with Gasteiger partial charge in [-0.1, -0.05) is 85.4 Å². The Kier molecular flexibility index (Phi) is 9.13. The van der Waals surface area contributed by atoms with Gasteiger partial charge in [0.15, 0.2) is 0 Å². The van der Waals surface area contributed by atoms with E-state index in [1.54, 1.807) is 24.3 Å². The minimum Gasteiger partial charge on any atom is -0.861 e. The maximum atomic E-state index is 13.3. The van der Waals surface area contributed by atoms with Crippen LogP contribution in [0.25, 0.3) is 0 Å². The number of hydrogen-bond donors (Lipinski definition) is 0. The zero-order chi connectivity index (χ0) is 23.9. The van der Waals surface area contributed by atoms with Crippen molar-refractivity contribution in [2.75, 3.05) is 6.54 Å². The van der Waals surface area contributed by atoms with Crippen LogP contribution in [-0.2, 0) is 27.8 Å². The number of aliphatic imine (C=N–C) groups is 2. The molecule has 0 N–H and O–H groups in total. The van der Waals surface area contributed by atoms with Crippen LogP contribution in [0.5, 0.6) is 0 Å². The molecule has 1 fully saturated rings. The van der Waals surface area contributed by atoms with Crippen molar-refractivity contribution >= 4 is 23.3 Å². The molecule has 180 valence electrons. The molecule has 0 saturated carbocycles. The molecule has 3 aromatic carbocycles. The SMILES string of the molecule is C=C(N=C(c1ccccc1)c1ccccc1N=C([O-])[C@@H]1CCCN1Cc1ccccc1)C(=O)[O-].[Ni+2]. The quantitative estimate of drug-likeness (QED) is 0.202. The largest absolute Gasteiger partial charge is 2.00 e. The molecule has 7 heteroatoms. The third-order valence-electron chi connectivity index (χ3n) is 5.80. The number of rotatable bonds is 8. The topological polar surface area (TPSA) is 91.2 Å². The number of carboxylic acids is 1. The van der Waals surface area contributed by atoms with Gasteiger partial charge in [-0.2, -0.15) is 0 Å². The Labute approximate surface area is 215 Å². The van der Waals surface area contributed by atoms with Crippen molar-refractivity contribution in [2.24, 2.45) is 9.98 Å². The molecule has 6 nitrogen and oxygen atoms in total. The number of likely N-dealkylation sites (tertiary alicyclic amines) is 1. The number of carbonyl (C=O) groups is 1. The predicted octanol–water partition coefficient (Wildman–Crippen LogP) is 2.84. The molecule has 4 rings (SSSR count). The molecule has 0 aromatic heterocycles. The van der Waals surface area contributed by atoms with E-state index < -0.39 is 11.7 Å². The summed E-state index contributed by atoms with van der Waals surface area (Å²) in [7, 11) is 0. The summed E-state index contributed by atoms with van der Waals surface area (Å²) in [4.78, 5) is 22.2. The molecule has 0 unspecified atom stereocenters. The summed E-state index contributed by atoms with van der Waals surface area (Å²) in [5.74, 6) is -1.67. The summed E-state index contributed by atoms with van der Waals surface area (Å²) in [5.41, 5.74) is 2.80. The molecule has 0 aliphatic carbocycles. The van der Waals surface area contributed by atoms with Gasteiger partial charge in [0, 0.05) is 23.7 Å². The first-order valence-electron chi connectivity index (χ1n) is 11.2. The van der Waals surface area contributed by atoms with Crippen molar-refractivity contribution in [3.05, 3.63) is 114 Å². The first-order chi connectivity index (χ1) is 16.5. The molecule has 1 aliphatic rings. The van der Waals surface area contributed by atoms with Crippen LogP contribution in [0.3, 0.4) is 0 Å². The van der Waals surface area contributed by atoms with Crippen LogP contribution < -0.4 is 10.2 Å². The van der Waals surface area contributed by atoms with E-state index in [1.165, 1.54) is 0 Å². The molecular weight excluding hydrogens is 485 g/mol. The smallest absolute Gasteiger partial charge is 0.861 e. The van der Waals surface area contributed by atoms with Crippen molar-refractivity contribution in [3.63, 3.8) is 0 Å². The maximum Gasteiger partial charge on any atom is 2.00 e. The molecule has 0 radical (unpaired) electrons. The molecule has 0 spiro atoms. The number of benzene rings is 3. The molecule has 3 aromatic rings. The van der Waals surface area contributed by atoms with Crippen molar-refractivity contribution < 1.29 is 31.5 Å². The van der Waals surface area contributed by atoms with Gasteiger partial charge >= 0.3 is 16.5 Å². The second-order valence-electron chi connectivity index (χ2n) is 8.14. The monoisotopic (exact) mass is 509 g/mol. The van der Waals surface area contributed by atoms with Crippen molar-refractivity contribution in [1.29, 1.82) is 0 Å². The van der Waals surface area contributed by atoms with Crippen LogP contribution in [0, 0.1) is 0 Å². The number of hydrogen-bond acceptors (Lipinski definition) is 6. The average Bonchev–Trinajstić information content (AvgIpc) is 3.32. The van der Waals surface area contributed by atoms with E-state index in [4.69, 9.17) is 0 Å². The van der Waals surface area contributed by atoms with E-state index in [2.05, 4.69) is 33.6 Å². The van der Waals surface area contributed by atoms with Crippen LogP contribution in [0.1, 0.15) is 29.5 Å². The third-order valence-corrected chi connectivity index (χ3v) is 5.80. The second-order valence-corrected chi connectivity index (χ2v) is 8.14. The van der Waals surface area contributed by atoms with Crippen LogP contribution in [-0.4, -0.2) is 35.1 Å². The van der Waals surface area contributed by atoms with Gasteiger partial charge in [0.1, 0.15) is 0 Å². The normalized spacial score (nSPS) is 16.5. The summed E-state index contributed by atoms with van der Waals surface area (Å²) in [6.07, 6.45) is 1.68. The fourth-order valence-electron chi connectivity index (χ4n) is 4.13.